The third-order valence-electron chi connectivity index (χ3n) is 2.59. The van der Waals surface area contributed by atoms with E-state index in [0.29, 0.717) is 0 Å². The Morgan fingerprint density at radius 1 is 1.36 bits per heavy atom. The van der Waals surface area contributed by atoms with Crippen molar-refractivity contribution in [1.82, 2.24) is 0 Å². The minimum Gasteiger partial charge on any atom is -0.324 e. The summed E-state index contributed by atoms with van der Waals surface area (Å²) >= 11 is 2.36. The highest BCUT2D eigenvalue weighted by molar-refractivity contribution is 14.1. The quantitative estimate of drug-likeness (QED) is 0.846. The summed E-state index contributed by atoms with van der Waals surface area (Å²) in [6, 6.07) is 8.66. The van der Waals surface area contributed by atoms with E-state index in [-0.39, 0.29) is 18.4 Å². The van der Waals surface area contributed by atoms with E-state index in [9.17, 15) is 0 Å². The van der Waals surface area contributed by atoms with Crippen LogP contribution in [0.2, 0.25) is 0 Å². The predicted octanol–water partition coefficient (Wildman–Crippen LogP) is 3.51. The van der Waals surface area contributed by atoms with Crippen LogP contribution in [0.15, 0.2) is 24.3 Å². The molecule has 0 radical (unpaired) electrons. The van der Waals surface area contributed by atoms with E-state index in [0.717, 1.165) is 5.92 Å². The monoisotopic (exact) mass is 323 g/mol. The normalized spacial score (nSPS) is 17.3. The Morgan fingerprint density at radius 2 is 2.00 bits per heavy atom. The van der Waals surface area contributed by atoms with E-state index < -0.39 is 0 Å². The smallest absolute Gasteiger partial charge is 0.0308 e. The Labute approximate surface area is 105 Å². The van der Waals surface area contributed by atoms with Crippen molar-refractivity contribution in [2.45, 2.75) is 25.3 Å². The van der Waals surface area contributed by atoms with Gasteiger partial charge in [-0.1, -0.05) is 31.0 Å². The third kappa shape index (κ3) is 3.11. The summed E-state index contributed by atoms with van der Waals surface area (Å²) in [5, 5.41) is 0. The predicted molar refractivity (Wildman–Crippen MR) is 70.7 cm³/mol. The molecule has 1 nitrogen and oxygen atoms in total. The number of hydrogen-bond donors (Lipinski definition) is 1. The fourth-order valence-corrected chi connectivity index (χ4v) is 2.40. The summed E-state index contributed by atoms with van der Waals surface area (Å²) in [6.45, 7) is 0. The van der Waals surface area contributed by atoms with E-state index in [1.165, 1.54) is 28.4 Å². The van der Waals surface area contributed by atoms with E-state index in [2.05, 4.69) is 46.9 Å². The van der Waals surface area contributed by atoms with E-state index >= 15 is 0 Å². The maximum Gasteiger partial charge on any atom is 0.0308 e. The fraction of sp³-hybridized carbons (Fsp3) is 0.455. The van der Waals surface area contributed by atoms with Crippen LogP contribution in [0.3, 0.4) is 0 Å². The minimum atomic E-state index is 0. The molecule has 0 spiro atoms. The third-order valence-corrected chi connectivity index (χ3v) is 3.57. The summed E-state index contributed by atoms with van der Waals surface area (Å²) in [5.41, 5.74) is 7.45. The Hall–Kier alpha value is 0.200. The Bertz CT molecular complexity index is 299. The molecular formula is C11H15ClIN. The van der Waals surface area contributed by atoms with Gasteiger partial charge in [0.1, 0.15) is 0 Å². The molecule has 1 fully saturated rings. The molecular weight excluding hydrogens is 308 g/mol. The summed E-state index contributed by atoms with van der Waals surface area (Å²) in [7, 11) is 0. The lowest BCUT2D eigenvalue weighted by atomic mass is 10.0. The lowest BCUT2D eigenvalue weighted by Gasteiger charge is -2.12. The van der Waals surface area contributed by atoms with E-state index in [4.69, 9.17) is 5.73 Å². The van der Waals surface area contributed by atoms with Crippen LogP contribution in [-0.2, 0) is 0 Å². The van der Waals surface area contributed by atoms with Gasteiger partial charge in [-0.25, -0.2) is 0 Å². The SMILES string of the molecule is Cl.N[C@H](CC1CC1)c1ccccc1I. The second kappa shape index (κ2) is 5.33. The highest BCUT2D eigenvalue weighted by Crippen LogP contribution is 2.37. The molecule has 0 unspecified atom stereocenters. The van der Waals surface area contributed by atoms with Crippen LogP contribution in [-0.4, -0.2) is 0 Å². The molecule has 78 valence electrons. The zero-order valence-corrected chi connectivity index (χ0v) is 10.9. The van der Waals surface area contributed by atoms with Gasteiger partial charge < -0.3 is 5.73 Å². The summed E-state index contributed by atoms with van der Waals surface area (Å²) in [6.07, 6.45) is 3.94. The fourth-order valence-electron chi connectivity index (χ4n) is 1.62. The van der Waals surface area contributed by atoms with Gasteiger partial charge in [0, 0.05) is 9.61 Å². The van der Waals surface area contributed by atoms with Gasteiger partial charge in [-0.15, -0.1) is 12.4 Å². The van der Waals surface area contributed by atoms with Crippen molar-refractivity contribution in [1.29, 1.82) is 0 Å². The molecule has 1 aliphatic carbocycles. The van der Waals surface area contributed by atoms with Crippen molar-refractivity contribution in [3.63, 3.8) is 0 Å². The van der Waals surface area contributed by atoms with Crippen molar-refractivity contribution in [2.75, 3.05) is 0 Å². The number of nitrogens with two attached hydrogens (primary N) is 1. The largest absolute Gasteiger partial charge is 0.324 e. The first-order chi connectivity index (χ1) is 6.27. The molecule has 1 saturated carbocycles. The molecule has 2 rings (SSSR count). The van der Waals surface area contributed by atoms with Crippen molar-refractivity contribution in [3.8, 4) is 0 Å². The van der Waals surface area contributed by atoms with Gasteiger partial charge in [-0.2, -0.15) is 0 Å². The Kier molecular flexibility index (Phi) is 4.67. The molecule has 3 heteroatoms. The Balaban J connectivity index is 0.000000980. The average molecular weight is 324 g/mol. The van der Waals surface area contributed by atoms with Crippen molar-refractivity contribution >= 4 is 35.0 Å². The van der Waals surface area contributed by atoms with Crippen LogP contribution in [0, 0.1) is 9.49 Å². The van der Waals surface area contributed by atoms with Crippen LogP contribution in [0.1, 0.15) is 30.9 Å². The first kappa shape index (κ1) is 12.3. The van der Waals surface area contributed by atoms with Gasteiger partial charge in [0.05, 0.1) is 0 Å². The van der Waals surface area contributed by atoms with E-state index in [1.54, 1.807) is 0 Å². The van der Waals surface area contributed by atoms with Crippen LogP contribution in [0.5, 0.6) is 0 Å². The standard InChI is InChI=1S/C11H14IN.ClH/c12-10-4-2-1-3-9(10)11(13)7-8-5-6-8;/h1-4,8,11H,5-7,13H2;1H/t11-;/m1./s1. The summed E-state index contributed by atoms with van der Waals surface area (Å²) in [4.78, 5) is 0. The first-order valence-electron chi connectivity index (χ1n) is 4.77. The second-order valence-corrected chi connectivity index (χ2v) is 4.97. The van der Waals surface area contributed by atoms with Crippen LogP contribution < -0.4 is 5.73 Å². The minimum absolute atomic E-state index is 0. The molecule has 1 atom stereocenters. The molecule has 14 heavy (non-hydrogen) atoms. The molecule has 0 aromatic heterocycles. The van der Waals surface area contributed by atoms with Gasteiger partial charge >= 0.3 is 0 Å². The van der Waals surface area contributed by atoms with Crippen molar-refractivity contribution in [2.24, 2.45) is 11.7 Å². The molecule has 0 aliphatic heterocycles. The maximum atomic E-state index is 6.13. The van der Waals surface area contributed by atoms with Gasteiger partial charge in [0.25, 0.3) is 0 Å². The van der Waals surface area contributed by atoms with Crippen LogP contribution in [0.4, 0.5) is 0 Å². The average Bonchev–Trinajstić information content (AvgIpc) is 2.89. The topological polar surface area (TPSA) is 26.0 Å². The highest BCUT2D eigenvalue weighted by Gasteiger charge is 2.24. The first-order valence-corrected chi connectivity index (χ1v) is 5.85. The molecule has 1 aromatic rings. The molecule has 0 bridgehead atoms. The second-order valence-electron chi connectivity index (χ2n) is 3.81. The molecule has 0 amide bonds. The van der Waals surface area contributed by atoms with Crippen LogP contribution >= 0.6 is 35.0 Å². The zero-order valence-electron chi connectivity index (χ0n) is 7.95. The molecule has 0 saturated heterocycles. The molecule has 1 aliphatic rings. The number of rotatable bonds is 3. The molecule has 0 heterocycles. The van der Waals surface area contributed by atoms with Crippen molar-refractivity contribution in [3.05, 3.63) is 33.4 Å². The Morgan fingerprint density at radius 3 is 2.57 bits per heavy atom. The number of hydrogen-bond acceptors (Lipinski definition) is 1. The van der Waals surface area contributed by atoms with Crippen molar-refractivity contribution < 1.29 is 0 Å². The number of halogens is 2. The number of benzene rings is 1. The summed E-state index contributed by atoms with van der Waals surface area (Å²) < 4.78 is 1.30. The van der Waals surface area contributed by atoms with Crippen LogP contribution in [0.25, 0.3) is 0 Å². The molecule has 1 aromatic carbocycles. The van der Waals surface area contributed by atoms with Gasteiger partial charge in [-0.05, 0) is 46.6 Å². The zero-order chi connectivity index (χ0) is 9.26. The summed E-state index contributed by atoms with van der Waals surface area (Å²) in [5.74, 6) is 0.908. The maximum absolute atomic E-state index is 6.13. The lowest BCUT2D eigenvalue weighted by molar-refractivity contribution is 0.595. The van der Waals surface area contributed by atoms with E-state index in [1.807, 2.05) is 0 Å². The molecule has 2 N–H and O–H groups in total. The van der Waals surface area contributed by atoms with Gasteiger partial charge in [0.2, 0.25) is 0 Å². The lowest BCUT2D eigenvalue weighted by Crippen LogP contribution is -2.12. The highest BCUT2D eigenvalue weighted by atomic mass is 127. The van der Waals surface area contributed by atoms with Gasteiger partial charge in [0.15, 0.2) is 0 Å². The van der Waals surface area contributed by atoms with Gasteiger partial charge in [-0.3, -0.25) is 0 Å².